The molecule has 0 aliphatic rings. The molecule has 0 saturated heterocycles. The maximum absolute atomic E-state index is 13.3. The molecule has 0 aromatic heterocycles. The number of esters is 2. The van der Waals surface area contributed by atoms with Gasteiger partial charge in [0.05, 0.1) is 25.6 Å². The summed E-state index contributed by atoms with van der Waals surface area (Å²) in [6, 6.07) is 7.87. The van der Waals surface area contributed by atoms with E-state index in [9.17, 15) is 33.7 Å². The number of non-ortho nitro benzene ring substituents is 1. The van der Waals surface area contributed by atoms with Crippen molar-refractivity contribution in [2.75, 3.05) is 14.2 Å². The van der Waals surface area contributed by atoms with Gasteiger partial charge in [-0.3, -0.25) is 24.5 Å². The highest BCUT2D eigenvalue weighted by Gasteiger charge is 2.36. The van der Waals surface area contributed by atoms with Crippen molar-refractivity contribution >= 4 is 29.4 Å². The molecular formula is C24H26FN3O8. The number of rotatable bonds is 11. The van der Waals surface area contributed by atoms with E-state index in [1.54, 1.807) is 0 Å². The number of nitro benzene ring substituents is 1. The van der Waals surface area contributed by atoms with Gasteiger partial charge < -0.3 is 20.1 Å². The molecule has 3 atom stereocenters. The molecule has 0 aliphatic carbocycles. The molecule has 2 aromatic carbocycles. The number of nitrogens with one attached hydrogen (secondary N) is 2. The third-order valence-electron chi connectivity index (χ3n) is 5.35. The molecule has 0 spiro atoms. The van der Waals surface area contributed by atoms with Gasteiger partial charge in [-0.15, -0.1) is 0 Å². The SMILES string of the molecule is COC(=O)C[C@H](c1ccc([N+](=O)[O-])cc1)[C@@H](NC(=O)[C@@H](Cc1ccc(F)cc1)NC(C)=O)C(=O)OC. The van der Waals surface area contributed by atoms with E-state index in [4.69, 9.17) is 9.47 Å². The third kappa shape index (κ3) is 7.86. The minimum absolute atomic E-state index is 0.0151. The number of amides is 2. The lowest BCUT2D eigenvalue weighted by Crippen LogP contribution is -2.54. The van der Waals surface area contributed by atoms with E-state index in [1.807, 2.05) is 0 Å². The number of carbonyl (C=O) groups is 4. The molecule has 0 radical (unpaired) electrons. The molecule has 0 saturated carbocycles. The normalized spacial score (nSPS) is 13.0. The lowest BCUT2D eigenvalue weighted by atomic mass is 9.87. The lowest BCUT2D eigenvalue weighted by molar-refractivity contribution is -0.384. The fraction of sp³-hybridized carbons (Fsp3) is 0.333. The number of methoxy groups -OCH3 is 2. The number of hydrogen-bond acceptors (Lipinski definition) is 8. The topological polar surface area (TPSA) is 154 Å². The zero-order valence-electron chi connectivity index (χ0n) is 19.9. The van der Waals surface area contributed by atoms with Gasteiger partial charge in [0.2, 0.25) is 11.8 Å². The molecule has 11 nitrogen and oxygen atoms in total. The average Bonchev–Trinajstić information content (AvgIpc) is 2.86. The Morgan fingerprint density at radius 3 is 2.08 bits per heavy atom. The molecule has 0 fully saturated rings. The molecular weight excluding hydrogens is 477 g/mol. The van der Waals surface area contributed by atoms with Crippen LogP contribution in [0.3, 0.4) is 0 Å². The Labute approximate surface area is 206 Å². The van der Waals surface area contributed by atoms with Crippen LogP contribution in [0.2, 0.25) is 0 Å². The van der Waals surface area contributed by atoms with E-state index in [1.165, 1.54) is 55.5 Å². The molecule has 2 rings (SSSR count). The van der Waals surface area contributed by atoms with Gasteiger partial charge in [-0.2, -0.15) is 0 Å². The van der Waals surface area contributed by atoms with Gasteiger partial charge in [-0.25, -0.2) is 9.18 Å². The first-order chi connectivity index (χ1) is 17.0. The molecule has 0 aliphatic heterocycles. The molecule has 0 bridgehead atoms. The molecule has 12 heteroatoms. The summed E-state index contributed by atoms with van der Waals surface area (Å²) in [5.41, 5.74) is 0.664. The molecule has 2 amide bonds. The number of benzene rings is 2. The maximum Gasteiger partial charge on any atom is 0.329 e. The summed E-state index contributed by atoms with van der Waals surface area (Å²) in [6.45, 7) is 1.21. The van der Waals surface area contributed by atoms with Crippen molar-refractivity contribution in [1.29, 1.82) is 0 Å². The molecule has 2 aromatic rings. The van der Waals surface area contributed by atoms with Crippen molar-refractivity contribution < 1.29 is 38.0 Å². The van der Waals surface area contributed by atoms with Gasteiger partial charge >= 0.3 is 11.9 Å². The fourth-order valence-electron chi connectivity index (χ4n) is 3.55. The Bertz CT molecular complexity index is 1110. The zero-order valence-corrected chi connectivity index (χ0v) is 19.9. The quantitative estimate of drug-likeness (QED) is 0.267. The van der Waals surface area contributed by atoms with Crippen LogP contribution in [-0.2, 0) is 35.1 Å². The number of nitro groups is 1. The van der Waals surface area contributed by atoms with Crippen molar-refractivity contribution in [3.63, 3.8) is 0 Å². The molecule has 0 unspecified atom stereocenters. The Hall–Kier alpha value is -4.35. The number of ether oxygens (including phenoxy) is 2. The standard InChI is InChI=1S/C24H26FN3O8/c1-14(29)26-20(12-15-4-8-17(25)9-5-15)23(31)27-22(24(32)36-3)19(13-21(30)35-2)16-6-10-18(11-7-16)28(33)34/h4-11,19-20,22H,12-13H2,1-3H3,(H,26,29)(H,27,31)/t19-,20-,22-/m1/s1. The van der Waals surface area contributed by atoms with Crippen LogP contribution in [-0.4, -0.2) is 55.0 Å². The first kappa shape index (κ1) is 27.9. The summed E-state index contributed by atoms with van der Waals surface area (Å²) in [5.74, 6) is -4.36. The summed E-state index contributed by atoms with van der Waals surface area (Å²) in [6.07, 6.45) is -0.379. The van der Waals surface area contributed by atoms with E-state index in [-0.39, 0.29) is 18.5 Å². The largest absolute Gasteiger partial charge is 0.469 e. The monoisotopic (exact) mass is 503 g/mol. The van der Waals surface area contributed by atoms with Gasteiger partial charge in [0.15, 0.2) is 0 Å². The number of halogens is 1. The summed E-state index contributed by atoms with van der Waals surface area (Å²) >= 11 is 0. The first-order valence-corrected chi connectivity index (χ1v) is 10.8. The molecule has 0 heterocycles. The maximum atomic E-state index is 13.3. The minimum Gasteiger partial charge on any atom is -0.469 e. The highest BCUT2D eigenvalue weighted by molar-refractivity contribution is 5.91. The fourth-order valence-corrected chi connectivity index (χ4v) is 3.55. The summed E-state index contributed by atoms with van der Waals surface area (Å²) in [4.78, 5) is 60.2. The van der Waals surface area contributed by atoms with E-state index in [0.29, 0.717) is 11.1 Å². The van der Waals surface area contributed by atoms with Crippen molar-refractivity contribution in [1.82, 2.24) is 10.6 Å². The second-order valence-electron chi connectivity index (χ2n) is 7.83. The van der Waals surface area contributed by atoms with Gasteiger partial charge in [0.1, 0.15) is 17.9 Å². The van der Waals surface area contributed by atoms with Crippen LogP contribution < -0.4 is 10.6 Å². The Balaban J connectivity index is 2.40. The molecule has 36 heavy (non-hydrogen) atoms. The van der Waals surface area contributed by atoms with Crippen LogP contribution in [0.1, 0.15) is 30.4 Å². The average molecular weight is 503 g/mol. The number of nitrogens with zero attached hydrogens (tertiary/aromatic N) is 1. The lowest BCUT2D eigenvalue weighted by Gasteiger charge is -2.28. The predicted octanol–water partition coefficient (Wildman–Crippen LogP) is 1.79. The summed E-state index contributed by atoms with van der Waals surface area (Å²) in [5, 5.41) is 16.0. The van der Waals surface area contributed by atoms with Crippen molar-refractivity contribution in [3.8, 4) is 0 Å². The van der Waals surface area contributed by atoms with Gasteiger partial charge in [-0.05, 0) is 23.3 Å². The molecule has 2 N–H and O–H groups in total. The van der Waals surface area contributed by atoms with Crippen LogP contribution in [0.15, 0.2) is 48.5 Å². The van der Waals surface area contributed by atoms with E-state index < -0.39 is 52.5 Å². The minimum atomic E-state index is -1.41. The molecule has 192 valence electrons. The number of hydrogen-bond donors (Lipinski definition) is 2. The van der Waals surface area contributed by atoms with Crippen molar-refractivity contribution in [2.24, 2.45) is 0 Å². The van der Waals surface area contributed by atoms with Crippen LogP contribution in [0, 0.1) is 15.9 Å². The van der Waals surface area contributed by atoms with Crippen LogP contribution in [0.5, 0.6) is 0 Å². The van der Waals surface area contributed by atoms with E-state index in [2.05, 4.69) is 10.6 Å². The zero-order chi connectivity index (χ0) is 26.8. The third-order valence-corrected chi connectivity index (χ3v) is 5.35. The van der Waals surface area contributed by atoms with Crippen LogP contribution in [0.4, 0.5) is 10.1 Å². The van der Waals surface area contributed by atoms with Gasteiger partial charge in [0.25, 0.3) is 5.69 Å². The van der Waals surface area contributed by atoms with Crippen molar-refractivity contribution in [3.05, 3.63) is 75.6 Å². The van der Waals surface area contributed by atoms with Crippen molar-refractivity contribution in [2.45, 2.75) is 37.8 Å². The second-order valence-corrected chi connectivity index (χ2v) is 7.83. The van der Waals surface area contributed by atoms with E-state index in [0.717, 1.165) is 14.2 Å². The predicted molar refractivity (Wildman–Crippen MR) is 124 cm³/mol. The highest BCUT2D eigenvalue weighted by atomic mass is 19.1. The Morgan fingerprint density at radius 2 is 1.58 bits per heavy atom. The first-order valence-electron chi connectivity index (χ1n) is 10.8. The second kappa shape index (κ2) is 12.9. The Kier molecular flexibility index (Phi) is 10.0. The van der Waals surface area contributed by atoms with Crippen LogP contribution in [0.25, 0.3) is 0 Å². The van der Waals surface area contributed by atoms with Crippen LogP contribution >= 0.6 is 0 Å². The Morgan fingerprint density at radius 1 is 0.972 bits per heavy atom. The summed E-state index contributed by atoms with van der Waals surface area (Å²) in [7, 11) is 2.24. The summed E-state index contributed by atoms with van der Waals surface area (Å²) < 4.78 is 22.8. The van der Waals surface area contributed by atoms with Gasteiger partial charge in [0, 0.05) is 31.4 Å². The van der Waals surface area contributed by atoms with E-state index >= 15 is 0 Å². The number of carbonyl (C=O) groups excluding carboxylic acids is 4. The highest BCUT2D eigenvalue weighted by Crippen LogP contribution is 2.27. The smallest absolute Gasteiger partial charge is 0.329 e. The van der Waals surface area contributed by atoms with Gasteiger partial charge in [-0.1, -0.05) is 24.3 Å².